The highest BCUT2D eigenvalue weighted by atomic mass is 16.2. The molecule has 24 heavy (non-hydrogen) atoms. The third kappa shape index (κ3) is 3.35. The third-order valence-corrected chi connectivity index (χ3v) is 4.07. The van der Waals surface area contributed by atoms with Gasteiger partial charge < -0.3 is 10.2 Å². The number of amides is 2. The average Bonchev–Trinajstić information content (AvgIpc) is 3.46. The van der Waals surface area contributed by atoms with Crippen molar-refractivity contribution < 1.29 is 9.59 Å². The fraction of sp³-hybridized carbons (Fsp3) is 0.211. The molecule has 0 unspecified atom stereocenters. The van der Waals surface area contributed by atoms with Gasteiger partial charge in [0.1, 0.15) is 0 Å². The molecule has 1 fully saturated rings. The maximum atomic E-state index is 12.4. The summed E-state index contributed by atoms with van der Waals surface area (Å²) in [5, 5.41) is 2.93. The predicted octanol–water partition coefficient (Wildman–Crippen LogP) is 3.36. The fourth-order valence-corrected chi connectivity index (χ4v) is 2.50. The highest BCUT2D eigenvalue weighted by molar-refractivity contribution is 6.05. The monoisotopic (exact) mass is 321 g/mol. The molecule has 0 aliphatic heterocycles. The van der Waals surface area contributed by atoms with Gasteiger partial charge in [0.15, 0.2) is 0 Å². The lowest BCUT2D eigenvalue weighted by Gasteiger charge is -2.15. The molecular weight excluding hydrogens is 302 g/mol. The van der Waals surface area contributed by atoms with Crippen LogP contribution in [0.2, 0.25) is 0 Å². The van der Waals surface area contributed by atoms with Crippen LogP contribution in [0, 0.1) is 0 Å². The molecule has 2 amide bonds. The van der Waals surface area contributed by atoms with E-state index in [9.17, 15) is 9.59 Å². The molecule has 1 aromatic carbocycles. The van der Waals surface area contributed by atoms with Gasteiger partial charge >= 0.3 is 0 Å². The third-order valence-electron chi connectivity index (χ3n) is 4.07. The van der Waals surface area contributed by atoms with Crippen LogP contribution in [0.4, 0.5) is 11.4 Å². The van der Waals surface area contributed by atoms with E-state index >= 15 is 0 Å². The number of pyridine rings is 1. The van der Waals surface area contributed by atoms with Gasteiger partial charge in [-0.05, 0) is 55.3 Å². The van der Waals surface area contributed by atoms with Gasteiger partial charge in [0.25, 0.3) is 5.91 Å². The van der Waals surface area contributed by atoms with Crippen LogP contribution in [0.25, 0.3) is 0 Å². The molecule has 1 saturated carbocycles. The van der Waals surface area contributed by atoms with E-state index in [0.29, 0.717) is 17.2 Å². The molecule has 0 atom stereocenters. The number of hydrogen-bond acceptors (Lipinski definition) is 3. The van der Waals surface area contributed by atoms with Crippen LogP contribution in [0.5, 0.6) is 0 Å². The molecule has 0 bridgehead atoms. The molecule has 0 radical (unpaired) electrons. The summed E-state index contributed by atoms with van der Waals surface area (Å²) in [7, 11) is 1.66. The molecular formula is C19H19N3O2. The van der Waals surface area contributed by atoms with Gasteiger partial charge in [-0.1, -0.05) is 6.58 Å². The number of carbonyl (C=O) groups is 2. The maximum Gasteiger partial charge on any atom is 0.255 e. The highest BCUT2D eigenvalue weighted by Crippen LogP contribution is 2.42. The zero-order valence-corrected chi connectivity index (χ0v) is 13.5. The molecule has 5 heteroatoms. The van der Waals surface area contributed by atoms with E-state index in [4.69, 9.17) is 0 Å². The van der Waals surface area contributed by atoms with Crippen LogP contribution in [-0.4, -0.2) is 23.8 Å². The molecule has 0 spiro atoms. The van der Waals surface area contributed by atoms with Crippen LogP contribution >= 0.6 is 0 Å². The van der Waals surface area contributed by atoms with Crippen molar-refractivity contribution in [3.63, 3.8) is 0 Å². The van der Waals surface area contributed by atoms with Gasteiger partial charge in [-0.15, -0.1) is 0 Å². The van der Waals surface area contributed by atoms with Gasteiger partial charge in [0.05, 0.1) is 11.4 Å². The van der Waals surface area contributed by atoms with Gasteiger partial charge in [-0.2, -0.15) is 0 Å². The average molecular weight is 321 g/mol. The van der Waals surface area contributed by atoms with E-state index in [-0.39, 0.29) is 11.8 Å². The van der Waals surface area contributed by atoms with E-state index in [1.807, 2.05) is 12.1 Å². The first kappa shape index (κ1) is 15.9. The smallest absolute Gasteiger partial charge is 0.255 e. The number of benzene rings is 1. The Hall–Kier alpha value is -2.95. The minimum atomic E-state index is -0.198. The SMILES string of the molecule is C=CC(=O)N(C)c1ccc(C(=O)Nc2cccnc2C2CC2)cc1. The van der Waals surface area contributed by atoms with Crippen molar-refractivity contribution in [1.29, 1.82) is 0 Å². The standard InChI is InChI=1S/C19H19N3O2/c1-3-17(23)22(2)15-10-8-14(9-11-15)19(24)21-16-5-4-12-20-18(16)13-6-7-13/h3-5,8-13H,1,6-7H2,2H3,(H,21,24). The molecule has 2 aromatic rings. The molecule has 122 valence electrons. The maximum absolute atomic E-state index is 12.4. The summed E-state index contributed by atoms with van der Waals surface area (Å²) in [5.41, 5.74) is 2.96. The van der Waals surface area contributed by atoms with Gasteiger partial charge in [-0.3, -0.25) is 14.6 Å². The van der Waals surface area contributed by atoms with E-state index < -0.39 is 0 Å². The van der Waals surface area contributed by atoms with Gasteiger partial charge in [-0.25, -0.2) is 0 Å². The lowest BCUT2D eigenvalue weighted by atomic mass is 10.1. The van der Waals surface area contributed by atoms with Crippen LogP contribution in [-0.2, 0) is 4.79 Å². The van der Waals surface area contributed by atoms with Crippen molar-refractivity contribution in [2.45, 2.75) is 18.8 Å². The largest absolute Gasteiger partial charge is 0.320 e. The number of anilines is 2. The minimum Gasteiger partial charge on any atom is -0.320 e. The molecule has 1 N–H and O–H groups in total. The first-order valence-electron chi connectivity index (χ1n) is 7.86. The summed E-state index contributed by atoms with van der Waals surface area (Å²) in [5.74, 6) is 0.0771. The summed E-state index contributed by atoms with van der Waals surface area (Å²) < 4.78 is 0. The Morgan fingerprint density at radius 1 is 1.25 bits per heavy atom. The van der Waals surface area contributed by atoms with Crippen LogP contribution < -0.4 is 10.2 Å². The molecule has 3 rings (SSSR count). The molecule has 0 saturated heterocycles. The van der Waals surface area contributed by atoms with Crippen molar-refractivity contribution >= 4 is 23.2 Å². The minimum absolute atomic E-state index is 0.186. The second-order valence-electron chi connectivity index (χ2n) is 5.81. The normalized spacial score (nSPS) is 13.2. The Labute approximate surface area is 141 Å². The Balaban J connectivity index is 1.74. The van der Waals surface area contributed by atoms with Crippen LogP contribution in [0.1, 0.15) is 34.8 Å². The molecule has 1 aliphatic carbocycles. The van der Waals surface area contributed by atoms with E-state index in [2.05, 4.69) is 16.9 Å². The summed E-state index contributed by atoms with van der Waals surface area (Å²) in [6.07, 6.45) is 5.25. The second-order valence-corrected chi connectivity index (χ2v) is 5.81. The van der Waals surface area contributed by atoms with E-state index in [1.54, 1.807) is 37.5 Å². The zero-order chi connectivity index (χ0) is 17.1. The van der Waals surface area contributed by atoms with Gasteiger partial charge in [0.2, 0.25) is 5.91 Å². The van der Waals surface area contributed by atoms with Gasteiger partial charge in [0, 0.05) is 30.4 Å². The van der Waals surface area contributed by atoms with Crippen LogP contribution in [0.15, 0.2) is 55.3 Å². The van der Waals surface area contributed by atoms with Crippen molar-refractivity contribution in [1.82, 2.24) is 4.98 Å². The summed E-state index contributed by atoms with van der Waals surface area (Å²) >= 11 is 0. The van der Waals surface area contributed by atoms with Crippen LogP contribution in [0.3, 0.4) is 0 Å². The molecule has 1 heterocycles. The molecule has 1 aliphatic rings. The zero-order valence-electron chi connectivity index (χ0n) is 13.5. The molecule has 1 aromatic heterocycles. The van der Waals surface area contributed by atoms with Crippen molar-refractivity contribution in [3.05, 3.63) is 66.5 Å². The Kier molecular flexibility index (Phi) is 4.42. The van der Waals surface area contributed by atoms with Crippen molar-refractivity contribution in [2.24, 2.45) is 0 Å². The second kappa shape index (κ2) is 6.66. The number of hydrogen-bond donors (Lipinski definition) is 1. The first-order valence-corrected chi connectivity index (χ1v) is 7.86. The quantitative estimate of drug-likeness (QED) is 0.859. The molecule has 5 nitrogen and oxygen atoms in total. The Morgan fingerprint density at radius 2 is 1.96 bits per heavy atom. The van der Waals surface area contributed by atoms with E-state index in [0.717, 1.165) is 24.2 Å². The topological polar surface area (TPSA) is 62.3 Å². The number of aromatic nitrogens is 1. The number of nitrogens with one attached hydrogen (secondary N) is 1. The van der Waals surface area contributed by atoms with Crippen molar-refractivity contribution in [2.75, 3.05) is 17.3 Å². The number of nitrogens with zero attached hydrogens (tertiary/aromatic N) is 2. The Bertz CT molecular complexity index is 779. The van der Waals surface area contributed by atoms with Crippen molar-refractivity contribution in [3.8, 4) is 0 Å². The lowest BCUT2D eigenvalue weighted by molar-refractivity contribution is -0.113. The summed E-state index contributed by atoms with van der Waals surface area (Å²) in [4.78, 5) is 29.9. The highest BCUT2D eigenvalue weighted by Gasteiger charge is 2.27. The summed E-state index contributed by atoms with van der Waals surface area (Å²) in [6.45, 7) is 3.47. The number of carbonyl (C=O) groups excluding carboxylic acids is 2. The summed E-state index contributed by atoms with van der Waals surface area (Å²) in [6, 6.07) is 10.6. The van der Waals surface area contributed by atoms with E-state index in [1.165, 1.54) is 11.0 Å². The lowest BCUT2D eigenvalue weighted by Crippen LogP contribution is -2.23. The Morgan fingerprint density at radius 3 is 2.58 bits per heavy atom. The first-order chi connectivity index (χ1) is 11.6. The number of likely N-dealkylation sites (N-methyl/N-ethyl adjacent to an activating group) is 1. The fourth-order valence-electron chi connectivity index (χ4n) is 2.50. The number of rotatable bonds is 5. The predicted molar refractivity (Wildman–Crippen MR) is 94.2 cm³/mol.